The average Bonchev–Trinajstić information content (AvgIpc) is 3.99. The van der Waals surface area contributed by atoms with Gasteiger partial charge in [-0.15, -0.1) is 0 Å². The summed E-state index contributed by atoms with van der Waals surface area (Å²) < 4.78 is 28.5. The number of ether oxygens (including phenoxy) is 5. The average molecular weight is 748 g/mol. The maximum absolute atomic E-state index is 12.2. The molecule has 14 heteroatoms. The molecule has 0 spiro atoms. The molecule has 7 rings (SSSR count). The highest BCUT2D eigenvalue weighted by Crippen LogP contribution is 2.45. The smallest absolute Gasteiger partial charge is 0.219 e. The van der Waals surface area contributed by atoms with Crippen LogP contribution in [0.2, 0.25) is 0 Å². The van der Waals surface area contributed by atoms with Gasteiger partial charge in [-0.05, 0) is 79.5 Å². The van der Waals surface area contributed by atoms with E-state index in [-0.39, 0.29) is 11.9 Å². The van der Waals surface area contributed by atoms with Crippen LogP contribution in [0.5, 0.6) is 17.2 Å². The molecule has 0 radical (unpaired) electrons. The number of aliphatic imine (C=N–C) groups is 1. The van der Waals surface area contributed by atoms with Crippen LogP contribution in [0.25, 0.3) is 11.3 Å². The molecule has 3 aromatic rings. The molecule has 4 atom stereocenters. The largest absolute Gasteiger partial charge is 0.493 e. The number of nitrogens with two attached hydrogens (primary N) is 1. The van der Waals surface area contributed by atoms with Crippen molar-refractivity contribution in [3.8, 4) is 28.5 Å². The first-order valence-corrected chi connectivity index (χ1v) is 20.0. The Hall–Kier alpha value is -4.14. The topological polar surface area (TPSA) is 166 Å². The van der Waals surface area contributed by atoms with Crippen LogP contribution in [0, 0.1) is 0 Å². The lowest BCUT2D eigenvalue weighted by molar-refractivity contribution is -0.121. The number of amides is 1. The minimum atomic E-state index is 0.133. The normalized spacial score (nSPS) is 20.6. The zero-order chi connectivity index (χ0) is 36.6. The fourth-order valence-corrected chi connectivity index (χ4v) is 9.33. The minimum Gasteiger partial charge on any atom is -0.493 e. The monoisotopic (exact) mass is 747 g/mol. The van der Waals surface area contributed by atoms with Gasteiger partial charge in [-0.3, -0.25) is 9.89 Å². The zero-order valence-corrected chi connectivity index (χ0v) is 31.7. The van der Waals surface area contributed by atoms with Crippen molar-refractivity contribution >= 4 is 29.4 Å². The summed E-state index contributed by atoms with van der Waals surface area (Å²) in [5, 5.41) is 18.4. The lowest BCUT2D eigenvalue weighted by atomic mass is 10.0. The van der Waals surface area contributed by atoms with Gasteiger partial charge in [-0.25, -0.2) is 4.99 Å². The van der Waals surface area contributed by atoms with E-state index in [2.05, 4.69) is 49.3 Å². The second kappa shape index (κ2) is 17.8. The van der Waals surface area contributed by atoms with Crippen molar-refractivity contribution in [2.75, 3.05) is 64.9 Å². The van der Waals surface area contributed by atoms with E-state index in [0.717, 1.165) is 85.7 Å². The number of H-pyrrole nitrogens is 1. The van der Waals surface area contributed by atoms with Crippen molar-refractivity contribution in [2.24, 2.45) is 10.7 Å². The molecule has 2 aliphatic carbocycles. The highest BCUT2D eigenvalue weighted by atomic mass is 32.2. The summed E-state index contributed by atoms with van der Waals surface area (Å²) in [4.78, 5) is 16.7. The van der Waals surface area contributed by atoms with E-state index in [9.17, 15) is 4.79 Å². The summed E-state index contributed by atoms with van der Waals surface area (Å²) in [5.74, 6) is 4.98. The van der Waals surface area contributed by atoms with Gasteiger partial charge in [0.05, 0.1) is 57.9 Å². The molecule has 1 amide bonds. The van der Waals surface area contributed by atoms with Crippen molar-refractivity contribution in [3.63, 3.8) is 0 Å². The van der Waals surface area contributed by atoms with Crippen molar-refractivity contribution in [1.29, 1.82) is 0 Å². The fourth-order valence-electron chi connectivity index (χ4n) is 7.81. The number of nitrogens with one attached hydrogen (secondary N) is 4. The molecule has 1 aromatic heterocycles. The van der Waals surface area contributed by atoms with E-state index in [1.54, 1.807) is 14.2 Å². The Balaban J connectivity index is 0.708. The number of carbonyl (C=O) groups excluding carboxylic acids is 1. The van der Waals surface area contributed by atoms with E-state index in [4.69, 9.17) is 29.4 Å². The first-order chi connectivity index (χ1) is 26.0. The summed E-state index contributed by atoms with van der Waals surface area (Å²) >= 11 is 1.97. The van der Waals surface area contributed by atoms with Gasteiger partial charge in [0.15, 0.2) is 23.3 Å². The molecule has 1 saturated heterocycles. The molecule has 2 aromatic carbocycles. The van der Waals surface area contributed by atoms with Crippen LogP contribution in [0.4, 0.5) is 5.82 Å². The molecule has 3 heterocycles. The Morgan fingerprint density at radius 2 is 1.81 bits per heavy atom. The van der Waals surface area contributed by atoms with E-state index < -0.39 is 0 Å². The van der Waals surface area contributed by atoms with Crippen LogP contribution in [0.15, 0.2) is 35.3 Å². The first kappa shape index (κ1) is 37.2. The molecule has 53 heavy (non-hydrogen) atoms. The van der Waals surface area contributed by atoms with Crippen molar-refractivity contribution in [3.05, 3.63) is 52.6 Å². The van der Waals surface area contributed by atoms with Crippen LogP contribution < -0.4 is 35.9 Å². The van der Waals surface area contributed by atoms with Crippen molar-refractivity contribution in [2.45, 2.75) is 81.2 Å². The number of unbranched alkanes of at least 4 members (excludes halogenated alkanes) is 2. The lowest BCUT2D eigenvalue weighted by Gasteiger charge is -2.15. The van der Waals surface area contributed by atoms with Gasteiger partial charge in [-0.2, -0.15) is 16.9 Å². The number of hydrogen-bond donors (Lipinski definition) is 5. The quantitative estimate of drug-likeness (QED) is 0.0748. The summed E-state index contributed by atoms with van der Waals surface area (Å²) in [6, 6.07) is 11.3. The van der Waals surface area contributed by atoms with E-state index in [1.165, 1.54) is 22.3 Å². The number of rotatable bonds is 21. The highest BCUT2D eigenvalue weighted by molar-refractivity contribution is 8.00. The Morgan fingerprint density at radius 3 is 2.68 bits per heavy atom. The third-order valence-corrected chi connectivity index (χ3v) is 12.1. The molecule has 2 aliphatic heterocycles. The van der Waals surface area contributed by atoms with Crippen LogP contribution in [0.3, 0.4) is 0 Å². The highest BCUT2D eigenvalue weighted by Gasteiger charge is 2.40. The number of nitrogens with zero attached hydrogens (tertiary/aromatic N) is 2. The predicted molar refractivity (Wildman–Crippen MR) is 207 cm³/mol. The summed E-state index contributed by atoms with van der Waals surface area (Å²) in [5.41, 5.74) is 12.9. The van der Waals surface area contributed by atoms with E-state index in [0.29, 0.717) is 75.0 Å². The number of aromatic nitrogens is 2. The van der Waals surface area contributed by atoms with E-state index >= 15 is 0 Å². The number of aromatic amines is 1. The van der Waals surface area contributed by atoms with Gasteiger partial charge in [-0.1, -0.05) is 12.5 Å². The summed E-state index contributed by atoms with van der Waals surface area (Å²) in [6.45, 7) is 3.40. The number of carbonyl (C=O) groups is 1. The number of benzene rings is 2. The molecule has 286 valence electrons. The molecule has 4 aliphatic rings. The van der Waals surface area contributed by atoms with Crippen LogP contribution in [-0.2, 0) is 27.1 Å². The maximum Gasteiger partial charge on any atom is 0.219 e. The standard InChI is InChI=1S/C39H53N7O6S/c1-48-32-21-25-20-29-36(28(25)22-33(32)49-2)45-46-38(29)42-30-12-9-24-19-26(10-11-27(24)30)52-18-17-51-16-15-50-14-6-5-13-41-35(47)8-4-3-7-34-37-31(23-53-34)43-39(40)44-37/h10-11,19,21-22,30-31,34,37H,3-9,12-18,20,23H2,1-2H3,(H,41,47)(H3,40,43,44)(H2,42,45,46). The zero-order valence-electron chi connectivity index (χ0n) is 30.8. The van der Waals surface area contributed by atoms with Crippen molar-refractivity contribution < 1.29 is 28.5 Å². The van der Waals surface area contributed by atoms with Gasteiger partial charge < -0.3 is 45.4 Å². The summed E-state index contributed by atoms with van der Waals surface area (Å²) in [6.07, 6.45) is 8.19. The molecule has 0 saturated carbocycles. The third kappa shape index (κ3) is 8.98. The number of anilines is 1. The van der Waals surface area contributed by atoms with Crippen molar-refractivity contribution in [1.82, 2.24) is 20.8 Å². The molecular weight excluding hydrogens is 695 g/mol. The number of fused-ring (bicyclic) bond motifs is 5. The number of guanidine groups is 1. The van der Waals surface area contributed by atoms with Gasteiger partial charge in [0, 0.05) is 48.1 Å². The van der Waals surface area contributed by atoms with Crippen LogP contribution in [0.1, 0.15) is 73.2 Å². The van der Waals surface area contributed by atoms with Crippen LogP contribution in [-0.4, -0.2) is 98.9 Å². The Labute approximate surface area is 315 Å². The van der Waals surface area contributed by atoms with Gasteiger partial charge >= 0.3 is 0 Å². The third-order valence-electron chi connectivity index (χ3n) is 10.6. The minimum absolute atomic E-state index is 0.133. The first-order valence-electron chi connectivity index (χ1n) is 19.0. The molecule has 0 bridgehead atoms. The molecule has 6 N–H and O–H groups in total. The van der Waals surface area contributed by atoms with Gasteiger partial charge in [0.2, 0.25) is 5.91 Å². The number of methoxy groups -OCH3 is 2. The molecule has 1 fully saturated rings. The molecule has 4 unspecified atom stereocenters. The fraction of sp³-hybridized carbons (Fsp3) is 0.564. The van der Waals surface area contributed by atoms with E-state index in [1.807, 2.05) is 23.9 Å². The second-order valence-corrected chi connectivity index (χ2v) is 15.3. The van der Waals surface area contributed by atoms with Gasteiger partial charge in [0.25, 0.3) is 0 Å². The number of hydrogen-bond acceptors (Lipinski definition) is 12. The second-order valence-electron chi connectivity index (χ2n) is 14.1. The predicted octanol–water partition coefficient (Wildman–Crippen LogP) is 4.74. The molecule has 13 nitrogen and oxygen atoms in total. The Morgan fingerprint density at radius 1 is 0.981 bits per heavy atom. The Kier molecular flexibility index (Phi) is 12.5. The van der Waals surface area contributed by atoms with Crippen LogP contribution >= 0.6 is 11.8 Å². The summed E-state index contributed by atoms with van der Waals surface area (Å²) in [7, 11) is 3.32. The number of thioether (sulfide) groups is 1. The Bertz CT molecular complexity index is 1750. The lowest BCUT2D eigenvalue weighted by Crippen LogP contribution is -2.38. The maximum atomic E-state index is 12.2. The molecular formula is C39H53N7O6S. The van der Waals surface area contributed by atoms with Gasteiger partial charge in [0.1, 0.15) is 12.4 Å². The SMILES string of the molecule is COc1cc2c(cc1OC)-c1[nH]nc(NC3CCc4cc(OCCOCCOCCCCNC(=O)CCCCC5SCC6NC(N)=NC65)ccc43)c1C2. The number of aryl methyl sites for hydroxylation is 1.